The molecule has 0 unspecified atom stereocenters. The number of aromatic nitrogens is 3. The van der Waals surface area contributed by atoms with Crippen LogP contribution in [0.25, 0.3) is 0 Å². The number of ether oxygens (including phenoxy) is 2. The minimum atomic E-state index is -4.44. The van der Waals surface area contributed by atoms with Gasteiger partial charge in [-0.2, -0.15) is 18.2 Å². The SMILES string of the molecule is Fc1ccc(Oc2ccnc(NCc3ccnc(OCC(F)(F)F)c3)n2)cc1. The van der Waals surface area contributed by atoms with Crippen LogP contribution in [0.4, 0.5) is 23.5 Å². The van der Waals surface area contributed by atoms with Crippen LogP contribution in [0, 0.1) is 5.82 Å². The normalized spacial score (nSPS) is 11.1. The molecule has 2 heterocycles. The minimum Gasteiger partial charge on any atom is -0.468 e. The van der Waals surface area contributed by atoms with Crippen molar-refractivity contribution in [3.63, 3.8) is 0 Å². The molecule has 6 nitrogen and oxygen atoms in total. The van der Waals surface area contributed by atoms with E-state index >= 15 is 0 Å². The van der Waals surface area contributed by atoms with Crippen LogP contribution in [0.5, 0.6) is 17.5 Å². The molecule has 0 aliphatic heterocycles. The molecule has 1 N–H and O–H groups in total. The van der Waals surface area contributed by atoms with Gasteiger partial charge in [0, 0.05) is 31.1 Å². The van der Waals surface area contributed by atoms with Crippen LogP contribution in [0.15, 0.2) is 54.9 Å². The van der Waals surface area contributed by atoms with Gasteiger partial charge < -0.3 is 14.8 Å². The van der Waals surface area contributed by atoms with Crippen molar-refractivity contribution in [2.75, 3.05) is 11.9 Å². The molecule has 0 aliphatic carbocycles. The number of hydrogen-bond acceptors (Lipinski definition) is 6. The summed E-state index contributed by atoms with van der Waals surface area (Å²) in [5, 5.41) is 2.93. The first-order valence-electron chi connectivity index (χ1n) is 8.02. The first-order chi connectivity index (χ1) is 13.4. The van der Waals surface area contributed by atoms with Crippen molar-refractivity contribution < 1.29 is 27.0 Å². The maximum absolute atomic E-state index is 12.9. The van der Waals surface area contributed by atoms with E-state index in [0.717, 1.165) is 0 Å². The Morgan fingerprint density at radius 2 is 1.68 bits per heavy atom. The Kier molecular flexibility index (Phi) is 5.87. The summed E-state index contributed by atoms with van der Waals surface area (Å²) in [6.45, 7) is -1.19. The molecule has 1 aromatic carbocycles. The summed E-state index contributed by atoms with van der Waals surface area (Å²) in [5.74, 6) is 0.383. The number of nitrogens with zero attached hydrogens (tertiary/aromatic N) is 3. The van der Waals surface area contributed by atoms with Crippen LogP contribution < -0.4 is 14.8 Å². The maximum atomic E-state index is 12.9. The van der Waals surface area contributed by atoms with Gasteiger partial charge >= 0.3 is 6.18 Å². The minimum absolute atomic E-state index is 0.133. The molecule has 0 bridgehead atoms. The van der Waals surface area contributed by atoms with Gasteiger partial charge in [-0.15, -0.1) is 0 Å². The summed E-state index contributed by atoms with van der Waals surface area (Å²) in [7, 11) is 0. The second-order valence-electron chi connectivity index (χ2n) is 5.53. The second kappa shape index (κ2) is 8.51. The van der Waals surface area contributed by atoms with E-state index in [1.165, 1.54) is 48.8 Å². The van der Waals surface area contributed by atoms with Crippen LogP contribution in [0.3, 0.4) is 0 Å². The largest absolute Gasteiger partial charge is 0.468 e. The highest BCUT2D eigenvalue weighted by molar-refractivity contribution is 5.33. The Balaban J connectivity index is 1.59. The zero-order chi connectivity index (χ0) is 20.0. The Morgan fingerprint density at radius 3 is 2.43 bits per heavy atom. The average Bonchev–Trinajstić information content (AvgIpc) is 2.67. The number of pyridine rings is 1. The van der Waals surface area contributed by atoms with Crippen molar-refractivity contribution in [3.8, 4) is 17.5 Å². The standard InChI is InChI=1S/C18H14F4N4O2/c19-13-1-3-14(4-2-13)28-15-6-8-24-17(26-15)25-10-12-5-7-23-16(9-12)27-11-18(20,21)22/h1-9H,10-11H2,(H,24,25,26). The van der Waals surface area contributed by atoms with Crippen LogP contribution in [-0.4, -0.2) is 27.7 Å². The highest BCUT2D eigenvalue weighted by atomic mass is 19.4. The van der Waals surface area contributed by atoms with Gasteiger partial charge in [-0.1, -0.05) is 0 Å². The van der Waals surface area contributed by atoms with Crippen molar-refractivity contribution >= 4 is 5.95 Å². The van der Waals surface area contributed by atoms with Gasteiger partial charge in [-0.05, 0) is 35.9 Å². The molecule has 0 spiro atoms. The van der Waals surface area contributed by atoms with Crippen molar-refractivity contribution in [1.29, 1.82) is 0 Å². The molecule has 0 saturated carbocycles. The number of alkyl halides is 3. The first-order valence-corrected chi connectivity index (χ1v) is 8.02. The summed E-state index contributed by atoms with van der Waals surface area (Å²) < 4.78 is 59.7. The number of hydrogen-bond donors (Lipinski definition) is 1. The Bertz CT molecular complexity index is 920. The predicted octanol–water partition coefficient (Wildman–Crippen LogP) is 4.36. The van der Waals surface area contributed by atoms with E-state index in [0.29, 0.717) is 11.3 Å². The molecule has 3 rings (SSSR count). The Hall–Kier alpha value is -3.43. The van der Waals surface area contributed by atoms with Crippen LogP contribution in [0.2, 0.25) is 0 Å². The third-order valence-electron chi connectivity index (χ3n) is 3.30. The molecule has 3 aromatic rings. The van der Waals surface area contributed by atoms with Crippen molar-refractivity contribution in [2.24, 2.45) is 0 Å². The van der Waals surface area contributed by atoms with Crippen molar-refractivity contribution in [1.82, 2.24) is 15.0 Å². The fourth-order valence-electron chi connectivity index (χ4n) is 2.08. The van der Waals surface area contributed by atoms with Gasteiger partial charge in [0.15, 0.2) is 6.61 Å². The van der Waals surface area contributed by atoms with Gasteiger partial charge in [0.05, 0.1) is 0 Å². The third-order valence-corrected chi connectivity index (χ3v) is 3.30. The van der Waals surface area contributed by atoms with E-state index in [9.17, 15) is 17.6 Å². The number of rotatable bonds is 7. The van der Waals surface area contributed by atoms with Crippen LogP contribution in [-0.2, 0) is 6.54 Å². The number of halogens is 4. The average molecular weight is 394 g/mol. The summed E-state index contributed by atoms with van der Waals surface area (Å²) in [5.41, 5.74) is 0.626. The van der Waals surface area contributed by atoms with Gasteiger partial charge in [-0.3, -0.25) is 0 Å². The highest BCUT2D eigenvalue weighted by Gasteiger charge is 2.28. The highest BCUT2D eigenvalue weighted by Crippen LogP contribution is 2.21. The van der Waals surface area contributed by atoms with Crippen molar-refractivity contribution in [2.45, 2.75) is 12.7 Å². The Morgan fingerprint density at radius 1 is 0.929 bits per heavy atom. The van der Waals surface area contributed by atoms with Gasteiger partial charge in [0.2, 0.25) is 17.7 Å². The second-order valence-corrected chi connectivity index (χ2v) is 5.53. The van der Waals surface area contributed by atoms with Gasteiger partial charge in [0.1, 0.15) is 11.6 Å². The molecule has 0 radical (unpaired) electrons. The summed E-state index contributed by atoms with van der Waals surface area (Å²) in [6.07, 6.45) is -1.62. The Labute approximate surface area is 157 Å². The molecule has 28 heavy (non-hydrogen) atoms. The van der Waals surface area contributed by atoms with E-state index in [1.807, 2.05) is 0 Å². The topological polar surface area (TPSA) is 69.2 Å². The zero-order valence-electron chi connectivity index (χ0n) is 14.3. The molecule has 0 atom stereocenters. The number of nitrogens with one attached hydrogen (secondary N) is 1. The molecular formula is C18H14F4N4O2. The molecule has 0 amide bonds. The molecule has 0 aliphatic rings. The fraction of sp³-hybridized carbons (Fsp3) is 0.167. The third kappa shape index (κ3) is 6.08. The fourth-order valence-corrected chi connectivity index (χ4v) is 2.08. The van der Waals surface area contributed by atoms with E-state index in [1.54, 1.807) is 6.07 Å². The molecule has 10 heteroatoms. The summed E-state index contributed by atoms with van der Waals surface area (Å²) in [6, 6.07) is 9.98. The number of benzene rings is 1. The monoisotopic (exact) mass is 394 g/mol. The maximum Gasteiger partial charge on any atom is 0.422 e. The van der Waals surface area contributed by atoms with Gasteiger partial charge in [-0.25, -0.2) is 14.4 Å². The number of anilines is 1. The molecule has 2 aromatic heterocycles. The van der Waals surface area contributed by atoms with E-state index in [4.69, 9.17) is 4.74 Å². The van der Waals surface area contributed by atoms with Crippen LogP contribution in [0.1, 0.15) is 5.56 Å². The lowest BCUT2D eigenvalue weighted by molar-refractivity contribution is -0.154. The smallest absolute Gasteiger partial charge is 0.422 e. The molecule has 0 saturated heterocycles. The summed E-state index contributed by atoms with van der Waals surface area (Å²) in [4.78, 5) is 11.9. The quantitative estimate of drug-likeness (QED) is 0.601. The molecule has 0 fully saturated rings. The lowest BCUT2D eigenvalue weighted by atomic mass is 10.2. The van der Waals surface area contributed by atoms with E-state index < -0.39 is 12.8 Å². The first kappa shape index (κ1) is 19.3. The van der Waals surface area contributed by atoms with E-state index in [-0.39, 0.29) is 30.1 Å². The zero-order valence-corrected chi connectivity index (χ0v) is 14.3. The predicted molar refractivity (Wildman–Crippen MR) is 91.6 cm³/mol. The lowest BCUT2D eigenvalue weighted by Crippen LogP contribution is -2.19. The van der Waals surface area contributed by atoms with Crippen molar-refractivity contribution in [3.05, 3.63) is 66.2 Å². The lowest BCUT2D eigenvalue weighted by Gasteiger charge is -2.10. The molecular weight excluding hydrogens is 380 g/mol. The summed E-state index contributed by atoms with van der Waals surface area (Å²) >= 11 is 0. The molecule has 146 valence electrons. The van der Waals surface area contributed by atoms with E-state index in [2.05, 4.69) is 25.0 Å². The van der Waals surface area contributed by atoms with Crippen LogP contribution >= 0.6 is 0 Å². The van der Waals surface area contributed by atoms with Gasteiger partial charge in [0.25, 0.3) is 0 Å².